The first-order chi connectivity index (χ1) is 7.77. The van der Waals surface area contributed by atoms with Crippen molar-refractivity contribution in [3.63, 3.8) is 0 Å². The Balaban J connectivity index is 0.000000606. The summed E-state index contributed by atoms with van der Waals surface area (Å²) < 4.78 is 2.14. The van der Waals surface area contributed by atoms with Gasteiger partial charge in [0.25, 0.3) is 0 Å². The monoisotopic (exact) mass is 222 g/mol. The molecule has 0 bridgehead atoms. The van der Waals surface area contributed by atoms with E-state index >= 15 is 0 Å². The largest absolute Gasteiger partial charge is 0.270 e. The zero-order valence-corrected chi connectivity index (χ0v) is 11.2. The predicted octanol–water partition coefficient (Wildman–Crippen LogP) is 4.30. The minimum Gasteiger partial charge on any atom is -0.270 e. The molecule has 1 heterocycles. The van der Waals surface area contributed by atoms with Gasteiger partial charge in [0.2, 0.25) is 0 Å². The fourth-order valence-electron chi connectivity index (χ4n) is 2.53. The molecule has 1 saturated carbocycles. The lowest BCUT2D eigenvalue weighted by atomic mass is 9.80. The van der Waals surface area contributed by atoms with Crippen molar-refractivity contribution in [2.24, 2.45) is 11.8 Å². The number of rotatable bonds is 2. The molecule has 0 aromatic carbocycles. The van der Waals surface area contributed by atoms with Crippen LogP contribution in [-0.4, -0.2) is 9.78 Å². The molecule has 1 aliphatic rings. The van der Waals surface area contributed by atoms with Gasteiger partial charge in [0.15, 0.2) is 0 Å². The van der Waals surface area contributed by atoms with Crippen LogP contribution >= 0.6 is 0 Å². The fourth-order valence-corrected chi connectivity index (χ4v) is 2.53. The second-order valence-electron chi connectivity index (χ2n) is 4.80. The van der Waals surface area contributed by atoms with Crippen molar-refractivity contribution in [2.45, 2.75) is 59.4 Å². The van der Waals surface area contributed by atoms with E-state index < -0.39 is 0 Å². The molecule has 1 aromatic rings. The first-order valence-corrected chi connectivity index (χ1v) is 6.76. The van der Waals surface area contributed by atoms with Crippen molar-refractivity contribution in [3.05, 3.63) is 18.5 Å². The molecule has 0 aliphatic heterocycles. The van der Waals surface area contributed by atoms with Crippen LogP contribution in [-0.2, 0) is 0 Å². The number of hydrogen-bond acceptors (Lipinski definition) is 1. The lowest BCUT2D eigenvalue weighted by molar-refractivity contribution is 0.217. The standard InChI is InChI=1S/C12H20N2.C2H6/c1-10(2)11-4-6-12(7-5-11)14-9-3-8-13-14;1-2/h3,8-12H,4-7H2,1-2H3;1-2H3. The van der Waals surface area contributed by atoms with Gasteiger partial charge >= 0.3 is 0 Å². The normalized spacial score (nSPS) is 25.1. The molecule has 2 nitrogen and oxygen atoms in total. The number of aromatic nitrogens is 2. The smallest absolute Gasteiger partial charge is 0.0519 e. The Morgan fingerprint density at radius 2 is 1.75 bits per heavy atom. The Labute approximate surface area is 100 Å². The number of nitrogens with zero attached hydrogens (tertiary/aromatic N) is 2. The Morgan fingerprint density at radius 3 is 2.19 bits per heavy atom. The van der Waals surface area contributed by atoms with Gasteiger partial charge in [-0.25, -0.2) is 0 Å². The molecule has 0 unspecified atom stereocenters. The lowest BCUT2D eigenvalue weighted by Gasteiger charge is -2.30. The van der Waals surface area contributed by atoms with Gasteiger partial charge in [-0.15, -0.1) is 0 Å². The minimum atomic E-state index is 0.667. The highest BCUT2D eigenvalue weighted by Gasteiger charge is 2.23. The van der Waals surface area contributed by atoms with Crippen LogP contribution < -0.4 is 0 Å². The van der Waals surface area contributed by atoms with Crippen LogP contribution in [0.15, 0.2) is 18.5 Å². The van der Waals surface area contributed by atoms with Crippen molar-refractivity contribution in [2.75, 3.05) is 0 Å². The predicted molar refractivity (Wildman–Crippen MR) is 69.4 cm³/mol. The van der Waals surface area contributed by atoms with Gasteiger partial charge in [-0.3, -0.25) is 4.68 Å². The molecule has 2 rings (SSSR count). The summed E-state index contributed by atoms with van der Waals surface area (Å²) in [7, 11) is 0. The SMILES string of the molecule is CC.CC(C)C1CCC(n2cccn2)CC1. The summed E-state index contributed by atoms with van der Waals surface area (Å²) in [6.07, 6.45) is 9.36. The van der Waals surface area contributed by atoms with E-state index in [0.29, 0.717) is 6.04 Å². The fraction of sp³-hybridized carbons (Fsp3) is 0.786. The molecule has 0 atom stereocenters. The second kappa shape index (κ2) is 6.72. The topological polar surface area (TPSA) is 17.8 Å². The van der Waals surface area contributed by atoms with Crippen molar-refractivity contribution >= 4 is 0 Å². The highest BCUT2D eigenvalue weighted by molar-refractivity contribution is 4.84. The first kappa shape index (κ1) is 13.3. The van der Waals surface area contributed by atoms with E-state index in [1.54, 1.807) is 0 Å². The maximum atomic E-state index is 4.33. The maximum Gasteiger partial charge on any atom is 0.0519 e. The molecule has 0 saturated heterocycles. The molecule has 1 aliphatic carbocycles. The summed E-state index contributed by atoms with van der Waals surface area (Å²) in [5, 5.41) is 4.33. The summed E-state index contributed by atoms with van der Waals surface area (Å²) in [5.41, 5.74) is 0. The summed E-state index contributed by atoms with van der Waals surface area (Å²) in [5.74, 6) is 1.80. The molecular weight excluding hydrogens is 196 g/mol. The van der Waals surface area contributed by atoms with Gasteiger partial charge < -0.3 is 0 Å². The molecule has 1 fully saturated rings. The third-order valence-electron chi connectivity index (χ3n) is 3.58. The van der Waals surface area contributed by atoms with E-state index in [9.17, 15) is 0 Å². The average molecular weight is 222 g/mol. The van der Waals surface area contributed by atoms with Crippen LogP contribution in [0.25, 0.3) is 0 Å². The highest BCUT2D eigenvalue weighted by Crippen LogP contribution is 2.35. The highest BCUT2D eigenvalue weighted by atomic mass is 15.3. The Bertz CT molecular complexity index is 256. The summed E-state index contributed by atoms with van der Waals surface area (Å²) in [6.45, 7) is 8.69. The molecule has 0 N–H and O–H groups in total. The Morgan fingerprint density at radius 1 is 1.12 bits per heavy atom. The second-order valence-corrected chi connectivity index (χ2v) is 4.80. The Hall–Kier alpha value is -0.790. The minimum absolute atomic E-state index is 0.667. The van der Waals surface area contributed by atoms with Gasteiger partial charge in [0.1, 0.15) is 0 Å². The van der Waals surface area contributed by atoms with Gasteiger partial charge in [-0.1, -0.05) is 27.7 Å². The molecule has 0 radical (unpaired) electrons. The van der Waals surface area contributed by atoms with Crippen LogP contribution in [0.4, 0.5) is 0 Å². The van der Waals surface area contributed by atoms with E-state index in [1.165, 1.54) is 25.7 Å². The Kier molecular flexibility index (Phi) is 5.58. The first-order valence-electron chi connectivity index (χ1n) is 6.76. The van der Waals surface area contributed by atoms with E-state index in [1.807, 2.05) is 26.1 Å². The van der Waals surface area contributed by atoms with Crippen LogP contribution in [0.1, 0.15) is 59.4 Å². The van der Waals surface area contributed by atoms with E-state index in [2.05, 4.69) is 29.8 Å². The lowest BCUT2D eigenvalue weighted by Crippen LogP contribution is -2.21. The quantitative estimate of drug-likeness (QED) is 0.729. The summed E-state index contributed by atoms with van der Waals surface area (Å²) in [4.78, 5) is 0. The van der Waals surface area contributed by atoms with Crippen LogP contribution in [0.5, 0.6) is 0 Å². The van der Waals surface area contributed by atoms with Gasteiger partial charge in [-0.05, 0) is 43.6 Å². The van der Waals surface area contributed by atoms with E-state index in [4.69, 9.17) is 0 Å². The van der Waals surface area contributed by atoms with Crippen molar-refractivity contribution in [1.82, 2.24) is 9.78 Å². The van der Waals surface area contributed by atoms with Crippen LogP contribution in [0.3, 0.4) is 0 Å². The van der Waals surface area contributed by atoms with E-state index in [-0.39, 0.29) is 0 Å². The van der Waals surface area contributed by atoms with Crippen molar-refractivity contribution < 1.29 is 0 Å². The maximum absolute atomic E-state index is 4.33. The molecule has 92 valence electrons. The van der Waals surface area contributed by atoms with Crippen molar-refractivity contribution in [1.29, 1.82) is 0 Å². The van der Waals surface area contributed by atoms with E-state index in [0.717, 1.165) is 11.8 Å². The molecule has 2 heteroatoms. The average Bonchev–Trinajstić information content (AvgIpc) is 2.85. The van der Waals surface area contributed by atoms with Gasteiger partial charge in [0.05, 0.1) is 6.04 Å². The zero-order chi connectivity index (χ0) is 12.0. The molecule has 1 aromatic heterocycles. The van der Waals surface area contributed by atoms with Gasteiger partial charge in [0, 0.05) is 12.4 Å². The number of hydrogen-bond donors (Lipinski definition) is 0. The van der Waals surface area contributed by atoms with Gasteiger partial charge in [-0.2, -0.15) is 5.10 Å². The molecule has 0 amide bonds. The third-order valence-corrected chi connectivity index (χ3v) is 3.58. The summed E-state index contributed by atoms with van der Waals surface area (Å²) >= 11 is 0. The molecule has 0 spiro atoms. The summed E-state index contributed by atoms with van der Waals surface area (Å²) in [6, 6.07) is 2.69. The zero-order valence-electron chi connectivity index (χ0n) is 11.2. The molecule has 16 heavy (non-hydrogen) atoms. The van der Waals surface area contributed by atoms with Crippen LogP contribution in [0.2, 0.25) is 0 Å². The van der Waals surface area contributed by atoms with Crippen LogP contribution in [0, 0.1) is 11.8 Å². The molecular formula is C14H26N2. The van der Waals surface area contributed by atoms with Crippen molar-refractivity contribution in [3.8, 4) is 0 Å². The third kappa shape index (κ3) is 3.36.